The number of hydrogen-bond acceptors (Lipinski definition) is 9. The first-order valence-electron chi connectivity index (χ1n) is 10.4. The second kappa shape index (κ2) is 8.77. The first kappa shape index (κ1) is 20.2. The van der Waals surface area contributed by atoms with Crippen LogP contribution < -0.4 is 20.7 Å². The Labute approximate surface area is 183 Å². The van der Waals surface area contributed by atoms with E-state index in [1.807, 2.05) is 18.2 Å². The fourth-order valence-electron chi connectivity index (χ4n) is 3.60. The van der Waals surface area contributed by atoms with Gasteiger partial charge in [-0.3, -0.25) is 0 Å². The molecule has 10 nitrogen and oxygen atoms in total. The molecule has 1 fully saturated rings. The molecule has 0 spiro atoms. The van der Waals surface area contributed by atoms with Gasteiger partial charge in [0.2, 0.25) is 5.71 Å². The van der Waals surface area contributed by atoms with Gasteiger partial charge >= 0.3 is 6.09 Å². The number of carbonyl (C=O) groups excluding carboxylic acids is 1. The molecule has 0 saturated carbocycles. The summed E-state index contributed by atoms with van der Waals surface area (Å²) >= 11 is 0. The zero-order chi connectivity index (χ0) is 21.9. The van der Waals surface area contributed by atoms with Gasteiger partial charge in [-0.1, -0.05) is 12.1 Å². The molecular weight excluding hydrogens is 412 g/mol. The van der Waals surface area contributed by atoms with Crippen molar-refractivity contribution in [2.75, 3.05) is 44.3 Å². The molecule has 1 saturated heterocycles. The third-order valence-corrected chi connectivity index (χ3v) is 5.10. The van der Waals surface area contributed by atoms with Gasteiger partial charge in [0.25, 0.3) is 0 Å². The van der Waals surface area contributed by atoms with Crippen LogP contribution in [0.5, 0.6) is 5.75 Å². The van der Waals surface area contributed by atoms with Gasteiger partial charge in [0, 0.05) is 37.9 Å². The number of fused-ring (bicyclic) bond motifs is 3. The smallest absolute Gasteiger partial charge is 0.412 e. The molecule has 0 radical (unpaired) electrons. The SMILES string of the molecule is NCCNC(=O)Oc1cccc(-c2nc(N3CCOCC3)c3oc4ncccc4c3n2)c1. The number of furan rings is 1. The maximum absolute atomic E-state index is 11.9. The van der Waals surface area contributed by atoms with E-state index in [9.17, 15) is 4.79 Å². The Morgan fingerprint density at radius 3 is 2.91 bits per heavy atom. The highest BCUT2D eigenvalue weighted by Crippen LogP contribution is 2.34. The molecule has 1 aliphatic heterocycles. The van der Waals surface area contributed by atoms with Gasteiger partial charge in [0.05, 0.1) is 18.6 Å². The van der Waals surface area contributed by atoms with Crippen molar-refractivity contribution in [2.24, 2.45) is 5.73 Å². The number of carbonyl (C=O) groups is 1. The molecule has 0 atom stereocenters. The minimum absolute atomic E-state index is 0.334. The van der Waals surface area contributed by atoms with E-state index in [1.54, 1.807) is 24.4 Å². The van der Waals surface area contributed by atoms with Crippen LogP contribution in [0.3, 0.4) is 0 Å². The Morgan fingerprint density at radius 1 is 1.19 bits per heavy atom. The van der Waals surface area contributed by atoms with Crippen LogP contribution in [0.2, 0.25) is 0 Å². The Bertz CT molecular complexity index is 1270. The van der Waals surface area contributed by atoms with Gasteiger partial charge in [0.1, 0.15) is 11.3 Å². The van der Waals surface area contributed by atoms with Crippen LogP contribution in [0.1, 0.15) is 0 Å². The van der Waals surface area contributed by atoms with Crippen LogP contribution in [0.25, 0.3) is 33.6 Å². The maximum Gasteiger partial charge on any atom is 0.412 e. The lowest BCUT2D eigenvalue weighted by atomic mass is 10.2. The maximum atomic E-state index is 11.9. The van der Waals surface area contributed by atoms with Crippen LogP contribution in [-0.4, -0.2) is 60.4 Å². The summed E-state index contributed by atoms with van der Waals surface area (Å²) in [5.74, 6) is 1.57. The fraction of sp³-hybridized carbons (Fsp3) is 0.273. The molecule has 0 aliphatic carbocycles. The third-order valence-electron chi connectivity index (χ3n) is 5.10. The molecule has 1 amide bonds. The number of rotatable bonds is 5. The lowest BCUT2D eigenvalue weighted by Crippen LogP contribution is -2.37. The molecule has 5 rings (SSSR count). The minimum atomic E-state index is -0.565. The number of ether oxygens (including phenoxy) is 2. The monoisotopic (exact) mass is 434 g/mol. The summed E-state index contributed by atoms with van der Waals surface area (Å²) in [4.78, 5) is 28.0. The average Bonchev–Trinajstić information content (AvgIpc) is 3.21. The number of nitrogens with one attached hydrogen (secondary N) is 1. The summed E-state index contributed by atoms with van der Waals surface area (Å²) in [6.45, 7) is 3.28. The highest BCUT2D eigenvalue weighted by Gasteiger charge is 2.23. The average molecular weight is 434 g/mol. The van der Waals surface area contributed by atoms with Crippen molar-refractivity contribution in [3.63, 3.8) is 0 Å². The predicted molar refractivity (Wildman–Crippen MR) is 119 cm³/mol. The Balaban J connectivity index is 1.59. The number of benzene rings is 1. The molecular formula is C22H22N6O4. The zero-order valence-electron chi connectivity index (χ0n) is 17.3. The van der Waals surface area contributed by atoms with Gasteiger partial charge in [-0.15, -0.1) is 0 Å². The number of pyridine rings is 1. The van der Waals surface area contributed by atoms with Crippen molar-refractivity contribution >= 4 is 34.1 Å². The third kappa shape index (κ3) is 3.93. The number of nitrogens with two attached hydrogens (primary N) is 1. The molecule has 164 valence electrons. The molecule has 0 unspecified atom stereocenters. The van der Waals surface area contributed by atoms with Crippen molar-refractivity contribution < 1.29 is 18.7 Å². The van der Waals surface area contributed by atoms with Crippen LogP contribution in [0, 0.1) is 0 Å². The van der Waals surface area contributed by atoms with Crippen LogP contribution in [0.15, 0.2) is 47.0 Å². The Morgan fingerprint density at radius 2 is 2.06 bits per heavy atom. The lowest BCUT2D eigenvalue weighted by molar-refractivity contribution is 0.122. The van der Waals surface area contributed by atoms with E-state index < -0.39 is 6.09 Å². The number of amides is 1. The van der Waals surface area contributed by atoms with Crippen LogP contribution in [-0.2, 0) is 4.74 Å². The predicted octanol–water partition coefficient (Wildman–Crippen LogP) is 2.32. The summed E-state index contributed by atoms with van der Waals surface area (Å²) in [6, 6.07) is 10.9. The van der Waals surface area contributed by atoms with Gasteiger partial charge in [0.15, 0.2) is 17.2 Å². The molecule has 4 heterocycles. The standard InChI is InChI=1S/C22H22N6O4/c23-6-8-25-22(29)31-15-4-1-3-14(13-15)19-26-17-16-5-2-7-24-21(16)32-18(17)20(27-19)28-9-11-30-12-10-28/h1-5,7,13H,6,8-12,23H2,(H,25,29). The highest BCUT2D eigenvalue weighted by atomic mass is 16.6. The van der Waals surface area contributed by atoms with Crippen molar-refractivity contribution in [1.29, 1.82) is 0 Å². The summed E-state index contributed by atoms with van der Waals surface area (Å²) in [6.07, 6.45) is 1.12. The lowest BCUT2D eigenvalue weighted by Gasteiger charge is -2.27. The van der Waals surface area contributed by atoms with Crippen molar-refractivity contribution in [3.05, 3.63) is 42.6 Å². The van der Waals surface area contributed by atoms with Crippen molar-refractivity contribution in [2.45, 2.75) is 0 Å². The van der Waals surface area contributed by atoms with Gasteiger partial charge in [-0.2, -0.15) is 0 Å². The molecule has 4 aromatic rings. The number of aromatic nitrogens is 3. The molecule has 3 N–H and O–H groups in total. The quantitative estimate of drug-likeness (QED) is 0.486. The van der Waals surface area contributed by atoms with Gasteiger partial charge in [-0.25, -0.2) is 19.7 Å². The van der Waals surface area contributed by atoms with Crippen LogP contribution in [0.4, 0.5) is 10.6 Å². The molecule has 32 heavy (non-hydrogen) atoms. The minimum Gasteiger partial charge on any atom is -0.432 e. The largest absolute Gasteiger partial charge is 0.432 e. The van der Waals surface area contributed by atoms with E-state index in [4.69, 9.17) is 29.6 Å². The van der Waals surface area contributed by atoms with Crippen molar-refractivity contribution in [3.8, 4) is 17.1 Å². The summed E-state index contributed by atoms with van der Waals surface area (Å²) in [5, 5.41) is 3.39. The number of nitrogens with zero attached hydrogens (tertiary/aromatic N) is 4. The normalized spacial score (nSPS) is 14.1. The van der Waals surface area contributed by atoms with Gasteiger partial charge in [-0.05, 0) is 24.3 Å². The first-order valence-corrected chi connectivity index (χ1v) is 10.4. The Kier molecular flexibility index (Phi) is 5.53. The second-order valence-electron chi connectivity index (χ2n) is 7.24. The van der Waals surface area contributed by atoms with Crippen LogP contribution >= 0.6 is 0 Å². The van der Waals surface area contributed by atoms with E-state index >= 15 is 0 Å². The Hall–Kier alpha value is -3.76. The number of morpholine rings is 1. The van der Waals surface area contributed by atoms with E-state index in [0.29, 0.717) is 79.2 Å². The van der Waals surface area contributed by atoms with Crippen molar-refractivity contribution in [1.82, 2.24) is 20.3 Å². The number of anilines is 1. The number of hydrogen-bond donors (Lipinski definition) is 2. The molecule has 1 aliphatic rings. The van der Waals surface area contributed by atoms with E-state index in [2.05, 4.69) is 15.2 Å². The summed E-state index contributed by atoms with van der Waals surface area (Å²) < 4.78 is 16.9. The molecule has 0 bridgehead atoms. The highest BCUT2D eigenvalue weighted by molar-refractivity contribution is 6.05. The zero-order valence-corrected chi connectivity index (χ0v) is 17.3. The van der Waals surface area contributed by atoms with Gasteiger partial charge < -0.3 is 29.8 Å². The molecule has 10 heteroatoms. The summed E-state index contributed by atoms with van der Waals surface area (Å²) in [5.41, 5.74) is 7.92. The fourth-order valence-corrected chi connectivity index (χ4v) is 3.60. The van der Waals surface area contributed by atoms with E-state index in [1.165, 1.54) is 0 Å². The second-order valence-corrected chi connectivity index (χ2v) is 7.24. The van der Waals surface area contributed by atoms with E-state index in [0.717, 1.165) is 5.39 Å². The molecule has 1 aromatic carbocycles. The first-order chi connectivity index (χ1) is 15.7. The molecule has 3 aromatic heterocycles. The van der Waals surface area contributed by atoms with E-state index in [-0.39, 0.29) is 0 Å². The summed E-state index contributed by atoms with van der Waals surface area (Å²) in [7, 11) is 0. The topological polar surface area (TPSA) is 129 Å².